The van der Waals surface area contributed by atoms with Gasteiger partial charge < -0.3 is 20.3 Å². The molecule has 0 aromatic rings. The van der Waals surface area contributed by atoms with Crippen LogP contribution < -0.4 is 5.32 Å². The van der Waals surface area contributed by atoms with Gasteiger partial charge in [0.15, 0.2) is 0 Å². The van der Waals surface area contributed by atoms with Crippen LogP contribution in [0.15, 0.2) is 12.2 Å². The van der Waals surface area contributed by atoms with Crippen LogP contribution in [0.1, 0.15) is 354 Å². The van der Waals surface area contributed by atoms with Gasteiger partial charge in [0.25, 0.3) is 0 Å². The van der Waals surface area contributed by atoms with Crippen molar-refractivity contribution in [1.29, 1.82) is 0 Å². The third kappa shape index (κ3) is 55.8. The molecule has 0 aliphatic rings. The number of allylic oxidation sites excluding steroid dienone is 2. The van der Waals surface area contributed by atoms with E-state index < -0.39 is 12.1 Å². The largest absolute Gasteiger partial charge is 0.466 e. The summed E-state index contributed by atoms with van der Waals surface area (Å²) in [5.41, 5.74) is 0. The Morgan fingerprint density at radius 1 is 0.391 bits per heavy atom. The summed E-state index contributed by atoms with van der Waals surface area (Å²) >= 11 is 0. The maximum absolute atomic E-state index is 12.5. The Hall–Kier alpha value is -1.40. The molecule has 0 fully saturated rings. The Labute approximate surface area is 431 Å². The lowest BCUT2D eigenvalue weighted by Gasteiger charge is -2.22. The van der Waals surface area contributed by atoms with Gasteiger partial charge in [0.2, 0.25) is 5.91 Å². The Balaban J connectivity index is 3.41. The van der Waals surface area contributed by atoms with Crippen LogP contribution in [0.2, 0.25) is 0 Å². The quantitative estimate of drug-likeness (QED) is 0.0321. The predicted octanol–water partition coefficient (Wildman–Crippen LogP) is 19.6. The van der Waals surface area contributed by atoms with Gasteiger partial charge in [-0.25, -0.2) is 0 Å². The van der Waals surface area contributed by atoms with Crippen LogP contribution in [0.5, 0.6) is 0 Å². The molecule has 1 amide bonds. The fraction of sp³-hybridized carbons (Fsp3) is 0.937. The van der Waals surface area contributed by atoms with Crippen LogP contribution in [0.3, 0.4) is 0 Å². The van der Waals surface area contributed by atoms with E-state index in [1.807, 2.05) is 0 Å². The fourth-order valence-corrected chi connectivity index (χ4v) is 9.99. The molecule has 0 aromatic heterocycles. The Morgan fingerprint density at radius 3 is 1.03 bits per heavy atom. The molecule has 2 unspecified atom stereocenters. The summed E-state index contributed by atoms with van der Waals surface area (Å²) in [5, 5.41) is 23.4. The van der Waals surface area contributed by atoms with E-state index in [-0.39, 0.29) is 18.5 Å². The van der Waals surface area contributed by atoms with E-state index in [1.165, 1.54) is 276 Å². The molecule has 69 heavy (non-hydrogen) atoms. The van der Waals surface area contributed by atoms with Gasteiger partial charge in [-0.3, -0.25) is 9.59 Å². The molecular formula is C63H123NO5. The molecule has 2 atom stereocenters. The Kier molecular flexibility index (Phi) is 58.0. The van der Waals surface area contributed by atoms with Crippen LogP contribution in [0.25, 0.3) is 0 Å². The number of rotatable bonds is 59. The molecule has 0 bridgehead atoms. The highest BCUT2D eigenvalue weighted by Crippen LogP contribution is 2.18. The second kappa shape index (κ2) is 59.2. The molecule has 0 aliphatic heterocycles. The molecule has 0 saturated carbocycles. The van der Waals surface area contributed by atoms with Gasteiger partial charge in [-0.1, -0.05) is 302 Å². The van der Waals surface area contributed by atoms with Gasteiger partial charge in [-0.2, -0.15) is 0 Å². The summed E-state index contributed by atoms with van der Waals surface area (Å²) in [4.78, 5) is 24.6. The van der Waals surface area contributed by atoms with Crippen LogP contribution in [-0.4, -0.2) is 47.4 Å². The normalized spacial score (nSPS) is 12.6. The van der Waals surface area contributed by atoms with Crippen molar-refractivity contribution in [3.05, 3.63) is 12.2 Å². The van der Waals surface area contributed by atoms with E-state index >= 15 is 0 Å². The van der Waals surface area contributed by atoms with E-state index in [2.05, 4.69) is 31.3 Å². The SMILES string of the molecule is CCCCCCCCC/C=C\CCCCCCCCCC(=O)OCCCCCCCCCCCCCCCCCC(=O)NC(CO)C(O)CCCCCCCCCCCCCCCCCCCCC. The van der Waals surface area contributed by atoms with Crippen LogP contribution >= 0.6 is 0 Å². The number of unbranched alkanes of at least 4 members (excludes halogenated alkanes) is 46. The highest BCUT2D eigenvalue weighted by molar-refractivity contribution is 5.76. The first-order valence-corrected chi connectivity index (χ1v) is 31.4. The first-order valence-electron chi connectivity index (χ1n) is 31.4. The highest BCUT2D eigenvalue weighted by Gasteiger charge is 2.20. The van der Waals surface area contributed by atoms with E-state index in [9.17, 15) is 19.8 Å². The maximum Gasteiger partial charge on any atom is 0.305 e. The van der Waals surface area contributed by atoms with Crippen molar-refractivity contribution in [1.82, 2.24) is 5.32 Å². The van der Waals surface area contributed by atoms with Gasteiger partial charge >= 0.3 is 5.97 Å². The number of hydrogen-bond donors (Lipinski definition) is 3. The van der Waals surface area contributed by atoms with Crippen molar-refractivity contribution in [3.63, 3.8) is 0 Å². The average molecular weight is 975 g/mol. The zero-order valence-electron chi connectivity index (χ0n) is 46.8. The molecule has 0 spiro atoms. The average Bonchev–Trinajstić information content (AvgIpc) is 3.35. The number of aliphatic hydroxyl groups excluding tert-OH is 2. The first kappa shape index (κ1) is 67.6. The summed E-state index contributed by atoms with van der Waals surface area (Å²) in [6.07, 6.45) is 70.7. The van der Waals surface area contributed by atoms with Crippen LogP contribution in [-0.2, 0) is 14.3 Å². The smallest absolute Gasteiger partial charge is 0.305 e. The van der Waals surface area contributed by atoms with Gasteiger partial charge in [0.05, 0.1) is 25.4 Å². The Morgan fingerprint density at radius 2 is 0.681 bits per heavy atom. The van der Waals surface area contributed by atoms with Crippen molar-refractivity contribution in [2.45, 2.75) is 366 Å². The number of aliphatic hydroxyl groups is 2. The molecule has 0 aliphatic carbocycles. The summed E-state index contributed by atoms with van der Waals surface area (Å²) < 4.78 is 5.49. The minimum Gasteiger partial charge on any atom is -0.466 e. The molecule has 0 heterocycles. The highest BCUT2D eigenvalue weighted by atomic mass is 16.5. The van der Waals surface area contributed by atoms with Crippen molar-refractivity contribution in [3.8, 4) is 0 Å². The Bertz CT molecular complexity index is 1030. The number of nitrogens with one attached hydrogen (secondary N) is 1. The minimum atomic E-state index is -0.670. The topological polar surface area (TPSA) is 95.9 Å². The third-order valence-corrected chi connectivity index (χ3v) is 14.8. The monoisotopic (exact) mass is 974 g/mol. The summed E-state index contributed by atoms with van der Waals surface area (Å²) in [5.74, 6) is -0.0409. The summed E-state index contributed by atoms with van der Waals surface area (Å²) in [6, 6.07) is -0.548. The zero-order chi connectivity index (χ0) is 50.0. The number of carbonyl (C=O) groups excluding carboxylic acids is 2. The van der Waals surface area contributed by atoms with Gasteiger partial charge in [0, 0.05) is 12.8 Å². The van der Waals surface area contributed by atoms with Gasteiger partial charge in [-0.05, 0) is 51.4 Å². The van der Waals surface area contributed by atoms with Crippen molar-refractivity contribution < 1.29 is 24.5 Å². The van der Waals surface area contributed by atoms with Crippen molar-refractivity contribution in [2.75, 3.05) is 13.2 Å². The van der Waals surface area contributed by atoms with Crippen LogP contribution in [0, 0.1) is 0 Å². The predicted molar refractivity (Wildman–Crippen MR) is 301 cm³/mol. The first-order chi connectivity index (χ1) is 34.0. The van der Waals surface area contributed by atoms with Crippen molar-refractivity contribution >= 4 is 11.9 Å². The van der Waals surface area contributed by atoms with Gasteiger partial charge in [-0.15, -0.1) is 0 Å². The lowest BCUT2D eigenvalue weighted by molar-refractivity contribution is -0.143. The number of carbonyl (C=O) groups is 2. The number of hydrogen-bond acceptors (Lipinski definition) is 5. The molecule has 410 valence electrons. The second-order valence-electron chi connectivity index (χ2n) is 21.7. The third-order valence-electron chi connectivity index (χ3n) is 14.8. The molecular weight excluding hydrogens is 851 g/mol. The molecule has 6 nitrogen and oxygen atoms in total. The van der Waals surface area contributed by atoms with E-state index in [1.54, 1.807) is 0 Å². The molecule has 0 radical (unpaired) electrons. The standard InChI is InChI=1S/C63H123NO5/c1-3-5-7-9-11-13-15-17-19-21-23-24-27-31-35-39-43-47-51-55-61(66)60(59-65)64-62(67)56-52-48-44-40-36-32-28-26-30-34-38-42-46-50-54-58-69-63(68)57-53-49-45-41-37-33-29-25-22-20-18-16-14-12-10-8-6-4-2/h20,22,60-61,65-66H,3-19,21,23-59H2,1-2H3,(H,64,67)/b22-20-. The summed E-state index contributed by atoms with van der Waals surface area (Å²) in [6.45, 7) is 4.96. The zero-order valence-corrected chi connectivity index (χ0v) is 46.8. The second-order valence-corrected chi connectivity index (χ2v) is 21.7. The maximum atomic E-state index is 12.5. The van der Waals surface area contributed by atoms with Gasteiger partial charge in [0.1, 0.15) is 0 Å². The van der Waals surface area contributed by atoms with Crippen LogP contribution in [0.4, 0.5) is 0 Å². The van der Waals surface area contributed by atoms with E-state index in [0.717, 1.165) is 44.9 Å². The number of ether oxygens (including phenoxy) is 1. The lowest BCUT2D eigenvalue weighted by Crippen LogP contribution is -2.45. The molecule has 0 saturated heterocycles. The minimum absolute atomic E-state index is 0.00103. The van der Waals surface area contributed by atoms with E-state index in [4.69, 9.17) is 4.74 Å². The summed E-state index contributed by atoms with van der Waals surface area (Å²) in [7, 11) is 0. The number of amides is 1. The number of esters is 1. The van der Waals surface area contributed by atoms with E-state index in [0.29, 0.717) is 25.9 Å². The molecule has 3 N–H and O–H groups in total. The lowest BCUT2D eigenvalue weighted by atomic mass is 10.0. The fourth-order valence-electron chi connectivity index (χ4n) is 9.99. The molecule has 0 aromatic carbocycles. The van der Waals surface area contributed by atoms with Crippen molar-refractivity contribution in [2.24, 2.45) is 0 Å². The molecule has 6 heteroatoms. The molecule has 0 rings (SSSR count).